The highest BCUT2D eigenvalue weighted by atomic mass is 35.5. The number of rotatable bonds is 6. The van der Waals surface area contributed by atoms with Gasteiger partial charge in [-0.2, -0.15) is 0 Å². The van der Waals surface area contributed by atoms with Crippen LogP contribution in [0.4, 0.5) is 0 Å². The van der Waals surface area contributed by atoms with Gasteiger partial charge >= 0.3 is 5.97 Å². The van der Waals surface area contributed by atoms with E-state index >= 15 is 0 Å². The minimum atomic E-state index is -0.362. The van der Waals surface area contributed by atoms with E-state index in [1.807, 2.05) is 19.1 Å². The topological polar surface area (TPSA) is 60.7 Å². The van der Waals surface area contributed by atoms with Crippen molar-refractivity contribution in [3.8, 4) is 0 Å². The summed E-state index contributed by atoms with van der Waals surface area (Å²) in [5, 5.41) is 0.623. The molecule has 26 heavy (non-hydrogen) atoms. The van der Waals surface area contributed by atoms with Gasteiger partial charge in [-0.05, 0) is 36.2 Å². The molecule has 2 heterocycles. The Labute approximate surface area is 156 Å². The van der Waals surface area contributed by atoms with Gasteiger partial charge in [0.05, 0.1) is 11.6 Å². The highest BCUT2D eigenvalue weighted by molar-refractivity contribution is 6.30. The number of carbonyl (C=O) groups is 1. The number of aromatic nitrogens is 2. The normalized spacial score (nSPS) is 12.1. The molecule has 3 aromatic rings. The highest BCUT2D eigenvalue weighted by Crippen LogP contribution is 2.24. The molecule has 0 saturated heterocycles. The van der Waals surface area contributed by atoms with Crippen molar-refractivity contribution in [2.45, 2.75) is 32.3 Å². The van der Waals surface area contributed by atoms with Crippen LogP contribution in [-0.2, 0) is 16.1 Å². The lowest BCUT2D eigenvalue weighted by molar-refractivity contribution is -0.147. The number of fused-ring (bicyclic) bond motifs is 1. The summed E-state index contributed by atoms with van der Waals surface area (Å²) in [4.78, 5) is 29.0. The Morgan fingerprint density at radius 1 is 1.23 bits per heavy atom. The third kappa shape index (κ3) is 4.11. The van der Waals surface area contributed by atoms with E-state index in [0.717, 1.165) is 12.0 Å². The molecule has 0 radical (unpaired) electrons. The summed E-state index contributed by atoms with van der Waals surface area (Å²) in [7, 11) is 0. The zero-order valence-electron chi connectivity index (χ0n) is 14.4. The quantitative estimate of drug-likeness (QED) is 0.616. The lowest BCUT2D eigenvalue weighted by atomic mass is 9.95. The predicted octanol–water partition coefficient (Wildman–Crippen LogP) is 3.98. The van der Waals surface area contributed by atoms with Crippen LogP contribution in [-0.4, -0.2) is 15.4 Å². The van der Waals surface area contributed by atoms with E-state index in [9.17, 15) is 9.59 Å². The lowest BCUT2D eigenvalue weighted by Gasteiger charge is -2.16. The Morgan fingerprint density at radius 3 is 2.73 bits per heavy atom. The summed E-state index contributed by atoms with van der Waals surface area (Å²) in [6, 6.07) is 13.9. The molecular formula is C20H19ClN2O3. The van der Waals surface area contributed by atoms with Gasteiger partial charge in [0, 0.05) is 17.3 Å². The largest absolute Gasteiger partial charge is 0.459 e. The molecule has 6 heteroatoms. The minimum Gasteiger partial charge on any atom is -0.459 e. The molecule has 5 nitrogen and oxygen atoms in total. The first-order chi connectivity index (χ1) is 12.6. The van der Waals surface area contributed by atoms with Gasteiger partial charge in [0.15, 0.2) is 0 Å². The number of nitrogens with zero attached hydrogens (tertiary/aromatic N) is 2. The fraction of sp³-hybridized carbons (Fsp3) is 0.250. The Balaban J connectivity index is 1.76. The number of halogens is 1. The maximum Gasteiger partial charge on any atom is 0.313 e. The number of carbonyl (C=O) groups excluding carboxylic acids is 1. The van der Waals surface area contributed by atoms with Crippen molar-refractivity contribution in [1.82, 2.24) is 9.38 Å². The lowest BCUT2D eigenvalue weighted by Crippen LogP contribution is -2.19. The van der Waals surface area contributed by atoms with Gasteiger partial charge < -0.3 is 4.74 Å². The highest BCUT2D eigenvalue weighted by Gasteiger charge is 2.21. The zero-order valence-corrected chi connectivity index (χ0v) is 15.1. The summed E-state index contributed by atoms with van der Waals surface area (Å²) >= 11 is 5.92. The zero-order chi connectivity index (χ0) is 18.5. The molecule has 134 valence electrons. The van der Waals surface area contributed by atoms with Gasteiger partial charge in [-0.15, -0.1) is 0 Å². The molecule has 1 atom stereocenters. The molecule has 2 aromatic heterocycles. The van der Waals surface area contributed by atoms with E-state index in [0.29, 0.717) is 22.8 Å². The smallest absolute Gasteiger partial charge is 0.313 e. The van der Waals surface area contributed by atoms with Crippen molar-refractivity contribution in [3.63, 3.8) is 0 Å². The van der Waals surface area contributed by atoms with Gasteiger partial charge in [-0.3, -0.25) is 14.0 Å². The van der Waals surface area contributed by atoms with Crippen molar-refractivity contribution in [1.29, 1.82) is 0 Å². The molecule has 0 amide bonds. The monoisotopic (exact) mass is 370 g/mol. The van der Waals surface area contributed by atoms with E-state index in [-0.39, 0.29) is 24.1 Å². The third-order valence-electron chi connectivity index (χ3n) is 4.12. The summed E-state index contributed by atoms with van der Waals surface area (Å²) in [6.07, 6.45) is 3.17. The Hall–Kier alpha value is -2.66. The molecule has 1 unspecified atom stereocenters. The Kier molecular flexibility index (Phi) is 5.68. The third-order valence-corrected chi connectivity index (χ3v) is 4.37. The van der Waals surface area contributed by atoms with Crippen LogP contribution < -0.4 is 5.56 Å². The second-order valence-corrected chi connectivity index (χ2v) is 6.45. The second-order valence-electron chi connectivity index (χ2n) is 6.02. The number of esters is 1. The van der Waals surface area contributed by atoms with Crippen molar-refractivity contribution >= 4 is 23.2 Å². The molecule has 0 saturated carbocycles. The van der Waals surface area contributed by atoms with E-state index in [1.165, 1.54) is 10.5 Å². The molecule has 0 aliphatic heterocycles. The summed E-state index contributed by atoms with van der Waals surface area (Å²) < 4.78 is 6.89. The van der Waals surface area contributed by atoms with Crippen molar-refractivity contribution in [2.75, 3.05) is 0 Å². The van der Waals surface area contributed by atoms with E-state index in [1.54, 1.807) is 36.5 Å². The first-order valence-electron chi connectivity index (χ1n) is 8.48. The fourth-order valence-electron chi connectivity index (χ4n) is 2.83. The molecule has 0 aliphatic rings. The van der Waals surface area contributed by atoms with E-state index in [4.69, 9.17) is 16.3 Å². The van der Waals surface area contributed by atoms with Crippen molar-refractivity contribution in [3.05, 3.63) is 81.4 Å². The van der Waals surface area contributed by atoms with Crippen LogP contribution in [0.5, 0.6) is 0 Å². The van der Waals surface area contributed by atoms with Crippen molar-refractivity contribution in [2.24, 2.45) is 0 Å². The van der Waals surface area contributed by atoms with Gasteiger partial charge in [0.1, 0.15) is 12.3 Å². The average molecular weight is 371 g/mol. The minimum absolute atomic E-state index is 0.0345. The second kappa shape index (κ2) is 8.15. The number of ether oxygens (including phenoxy) is 1. The number of benzene rings is 1. The number of pyridine rings is 1. The summed E-state index contributed by atoms with van der Waals surface area (Å²) in [6.45, 7) is 1.98. The van der Waals surface area contributed by atoms with Crippen LogP contribution in [0.3, 0.4) is 0 Å². The Bertz CT molecular complexity index is 967. The molecule has 0 N–H and O–H groups in total. The summed E-state index contributed by atoms with van der Waals surface area (Å²) in [5.74, 6) is -0.692. The fourth-order valence-corrected chi connectivity index (χ4v) is 2.95. The van der Waals surface area contributed by atoms with E-state index in [2.05, 4.69) is 4.98 Å². The number of hydrogen-bond donors (Lipinski definition) is 0. The van der Waals surface area contributed by atoms with Crippen LogP contribution in [0.25, 0.3) is 5.65 Å². The van der Waals surface area contributed by atoms with E-state index < -0.39 is 0 Å². The molecule has 0 spiro atoms. The molecule has 0 aliphatic carbocycles. The maximum absolute atomic E-state index is 12.6. The number of hydrogen-bond acceptors (Lipinski definition) is 4. The van der Waals surface area contributed by atoms with Gasteiger partial charge in [-0.25, -0.2) is 4.98 Å². The Morgan fingerprint density at radius 2 is 2.00 bits per heavy atom. The maximum atomic E-state index is 12.6. The SMILES string of the molecule is CCCC(C(=O)OCc1cc(=O)n2ccccc2n1)c1ccc(Cl)cc1. The first-order valence-corrected chi connectivity index (χ1v) is 8.85. The van der Waals surface area contributed by atoms with Crippen LogP contribution in [0.15, 0.2) is 59.5 Å². The molecule has 3 rings (SSSR count). The summed E-state index contributed by atoms with van der Waals surface area (Å²) in [5.41, 5.74) is 1.62. The van der Waals surface area contributed by atoms with Crippen LogP contribution in [0, 0.1) is 0 Å². The van der Waals surface area contributed by atoms with Gasteiger partial charge in [0.2, 0.25) is 0 Å². The van der Waals surface area contributed by atoms with Crippen LogP contribution in [0.2, 0.25) is 5.02 Å². The average Bonchev–Trinajstić information content (AvgIpc) is 2.65. The van der Waals surface area contributed by atoms with Crippen LogP contribution in [0.1, 0.15) is 36.9 Å². The molecule has 0 bridgehead atoms. The predicted molar refractivity (Wildman–Crippen MR) is 100 cm³/mol. The standard InChI is InChI=1S/C20H19ClN2O3/c1-2-5-17(14-7-9-15(21)10-8-14)20(25)26-13-16-12-19(24)23-11-4-3-6-18(23)22-16/h3-4,6-12,17H,2,5,13H2,1H3. The molecular weight excluding hydrogens is 352 g/mol. The molecule has 1 aromatic carbocycles. The van der Waals surface area contributed by atoms with Gasteiger partial charge in [0.25, 0.3) is 5.56 Å². The van der Waals surface area contributed by atoms with Crippen molar-refractivity contribution < 1.29 is 9.53 Å². The molecule has 0 fully saturated rings. The van der Waals surface area contributed by atoms with Gasteiger partial charge in [-0.1, -0.05) is 43.1 Å². The van der Waals surface area contributed by atoms with Crippen LogP contribution >= 0.6 is 11.6 Å². The first kappa shape index (κ1) is 18.1.